The minimum atomic E-state index is -0.242. The molecule has 31 heavy (non-hydrogen) atoms. The van der Waals surface area contributed by atoms with Crippen LogP contribution in [0.1, 0.15) is 35.7 Å². The van der Waals surface area contributed by atoms with Gasteiger partial charge in [-0.25, -0.2) is 0 Å². The van der Waals surface area contributed by atoms with Crippen LogP contribution in [0, 0.1) is 5.92 Å². The van der Waals surface area contributed by atoms with E-state index in [2.05, 4.69) is 22.5 Å². The second-order valence-corrected chi connectivity index (χ2v) is 7.88. The first kappa shape index (κ1) is 22.6. The van der Waals surface area contributed by atoms with E-state index < -0.39 is 0 Å². The molecular formula is C25H31N3O3. The van der Waals surface area contributed by atoms with Crippen molar-refractivity contribution in [2.24, 2.45) is 5.92 Å². The summed E-state index contributed by atoms with van der Waals surface area (Å²) in [5.74, 6) is 0.293. The number of amides is 2. The standard InChI is InChI=1S/C25H31N3O3/c1-19-12-15-28(16-13-19)23-10-9-21(18-22(23)25(30)26-14-17-31-2)27-24(29)11-8-20-6-4-3-5-7-20/h3-11,18-19H,12-17H2,1-2H3,(H,26,30)(H,27,29)/b11-8+. The molecule has 0 bridgehead atoms. The van der Waals surface area contributed by atoms with E-state index in [0.29, 0.717) is 30.3 Å². The Balaban J connectivity index is 1.76. The number of carbonyl (C=O) groups is 2. The number of hydrogen-bond acceptors (Lipinski definition) is 4. The molecule has 1 heterocycles. The van der Waals surface area contributed by atoms with Crippen molar-refractivity contribution in [3.63, 3.8) is 0 Å². The average Bonchev–Trinajstić information content (AvgIpc) is 2.79. The summed E-state index contributed by atoms with van der Waals surface area (Å²) >= 11 is 0. The van der Waals surface area contributed by atoms with Crippen LogP contribution >= 0.6 is 0 Å². The molecule has 6 nitrogen and oxygen atoms in total. The summed E-state index contributed by atoms with van der Waals surface area (Å²) in [4.78, 5) is 27.5. The topological polar surface area (TPSA) is 70.7 Å². The summed E-state index contributed by atoms with van der Waals surface area (Å²) in [7, 11) is 1.60. The number of hydrogen-bond donors (Lipinski definition) is 2. The first-order chi connectivity index (χ1) is 15.1. The Kier molecular flexibility index (Phi) is 8.24. The first-order valence-electron chi connectivity index (χ1n) is 10.8. The molecule has 0 saturated carbocycles. The Morgan fingerprint density at radius 1 is 1.13 bits per heavy atom. The molecule has 1 saturated heterocycles. The van der Waals surface area contributed by atoms with Crippen LogP contribution in [-0.4, -0.2) is 45.2 Å². The van der Waals surface area contributed by atoms with Crippen LogP contribution < -0.4 is 15.5 Å². The lowest BCUT2D eigenvalue weighted by molar-refractivity contribution is -0.111. The van der Waals surface area contributed by atoms with Crippen molar-refractivity contribution in [3.8, 4) is 0 Å². The van der Waals surface area contributed by atoms with Gasteiger partial charge in [-0.05, 0) is 48.6 Å². The normalized spacial score (nSPS) is 14.6. The van der Waals surface area contributed by atoms with Gasteiger partial charge in [-0.3, -0.25) is 9.59 Å². The zero-order chi connectivity index (χ0) is 22.1. The summed E-state index contributed by atoms with van der Waals surface area (Å²) in [6.07, 6.45) is 5.46. The maximum absolute atomic E-state index is 12.9. The van der Waals surface area contributed by atoms with E-state index in [0.717, 1.165) is 37.2 Å². The highest BCUT2D eigenvalue weighted by molar-refractivity contribution is 6.05. The number of piperidine rings is 1. The van der Waals surface area contributed by atoms with Crippen molar-refractivity contribution in [1.82, 2.24) is 5.32 Å². The van der Waals surface area contributed by atoms with E-state index in [1.165, 1.54) is 6.08 Å². The lowest BCUT2D eigenvalue weighted by atomic mass is 9.97. The number of ether oxygens (including phenoxy) is 1. The van der Waals surface area contributed by atoms with Crippen LogP contribution in [0.3, 0.4) is 0 Å². The van der Waals surface area contributed by atoms with E-state index in [4.69, 9.17) is 4.74 Å². The Morgan fingerprint density at radius 3 is 2.58 bits per heavy atom. The smallest absolute Gasteiger partial charge is 0.253 e. The second kappa shape index (κ2) is 11.3. The SMILES string of the molecule is COCCNC(=O)c1cc(NC(=O)/C=C/c2ccccc2)ccc1N1CCC(C)CC1. The number of anilines is 2. The summed E-state index contributed by atoms with van der Waals surface area (Å²) in [5.41, 5.74) is 3.01. The molecule has 2 amide bonds. The Hall–Kier alpha value is -3.12. The zero-order valence-electron chi connectivity index (χ0n) is 18.3. The van der Waals surface area contributed by atoms with E-state index >= 15 is 0 Å². The molecule has 2 aromatic carbocycles. The van der Waals surface area contributed by atoms with Crippen LogP contribution in [0.15, 0.2) is 54.6 Å². The van der Waals surface area contributed by atoms with Gasteiger partial charge in [-0.2, -0.15) is 0 Å². The lowest BCUT2D eigenvalue weighted by Gasteiger charge is -2.33. The predicted molar refractivity (Wildman–Crippen MR) is 125 cm³/mol. The van der Waals surface area contributed by atoms with Gasteiger partial charge in [0.15, 0.2) is 0 Å². The molecule has 2 aromatic rings. The van der Waals surface area contributed by atoms with Gasteiger partial charge < -0.3 is 20.3 Å². The maximum Gasteiger partial charge on any atom is 0.253 e. The van der Waals surface area contributed by atoms with E-state index in [1.807, 2.05) is 42.5 Å². The van der Waals surface area contributed by atoms with Crippen molar-refractivity contribution in [2.45, 2.75) is 19.8 Å². The molecule has 0 spiro atoms. The molecule has 164 valence electrons. The molecule has 1 aliphatic heterocycles. The van der Waals surface area contributed by atoms with Gasteiger partial charge >= 0.3 is 0 Å². The van der Waals surface area contributed by atoms with Crippen LogP contribution in [0.4, 0.5) is 11.4 Å². The fraction of sp³-hybridized carbons (Fsp3) is 0.360. The highest BCUT2D eigenvalue weighted by Crippen LogP contribution is 2.28. The molecule has 0 atom stereocenters. The molecule has 0 unspecified atom stereocenters. The van der Waals surface area contributed by atoms with E-state index in [9.17, 15) is 9.59 Å². The second-order valence-electron chi connectivity index (χ2n) is 7.88. The molecule has 1 fully saturated rings. The minimum Gasteiger partial charge on any atom is -0.383 e. The lowest BCUT2D eigenvalue weighted by Crippen LogP contribution is -2.35. The molecule has 0 aromatic heterocycles. The Bertz CT molecular complexity index is 903. The molecule has 0 radical (unpaired) electrons. The average molecular weight is 422 g/mol. The Morgan fingerprint density at radius 2 is 1.87 bits per heavy atom. The number of rotatable bonds is 8. The monoisotopic (exact) mass is 421 g/mol. The van der Waals surface area contributed by atoms with Crippen LogP contribution in [0.25, 0.3) is 6.08 Å². The zero-order valence-corrected chi connectivity index (χ0v) is 18.3. The van der Waals surface area contributed by atoms with Crippen LogP contribution in [0.2, 0.25) is 0 Å². The number of nitrogens with one attached hydrogen (secondary N) is 2. The van der Waals surface area contributed by atoms with Crippen molar-refractivity contribution < 1.29 is 14.3 Å². The molecule has 2 N–H and O–H groups in total. The van der Waals surface area contributed by atoms with Gasteiger partial charge in [0.2, 0.25) is 5.91 Å². The fourth-order valence-electron chi connectivity index (χ4n) is 3.60. The van der Waals surface area contributed by atoms with Gasteiger partial charge in [0.05, 0.1) is 12.2 Å². The Labute approximate surface area is 184 Å². The third kappa shape index (κ3) is 6.69. The third-order valence-corrected chi connectivity index (χ3v) is 5.45. The maximum atomic E-state index is 12.9. The van der Waals surface area contributed by atoms with Gasteiger partial charge in [0, 0.05) is 44.2 Å². The van der Waals surface area contributed by atoms with Crippen molar-refractivity contribution in [2.75, 3.05) is 43.6 Å². The van der Waals surface area contributed by atoms with Crippen molar-refractivity contribution in [3.05, 3.63) is 65.7 Å². The largest absolute Gasteiger partial charge is 0.383 e. The molecule has 1 aliphatic rings. The molecule has 6 heteroatoms. The van der Waals surface area contributed by atoms with E-state index in [1.54, 1.807) is 19.3 Å². The molecule has 3 rings (SSSR count). The minimum absolute atomic E-state index is 0.165. The van der Waals surface area contributed by atoms with Crippen LogP contribution in [0.5, 0.6) is 0 Å². The summed E-state index contributed by atoms with van der Waals surface area (Å²) in [6, 6.07) is 15.2. The van der Waals surface area contributed by atoms with Gasteiger partial charge in [-0.1, -0.05) is 37.3 Å². The summed E-state index contributed by atoms with van der Waals surface area (Å²) < 4.78 is 5.04. The van der Waals surface area contributed by atoms with Gasteiger partial charge in [0.1, 0.15) is 0 Å². The first-order valence-corrected chi connectivity index (χ1v) is 10.8. The molecule has 0 aliphatic carbocycles. The highest BCUT2D eigenvalue weighted by Gasteiger charge is 2.21. The van der Waals surface area contributed by atoms with Gasteiger partial charge in [0.25, 0.3) is 5.91 Å². The summed E-state index contributed by atoms with van der Waals surface area (Å²) in [6.45, 7) is 4.98. The van der Waals surface area contributed by atoms with Crippen molar-refractivity contribution in [1.29, 1.82) is 0 Å². The van der Waals surface area contributed by atoms with Gasteiger partial charge in [-0.15, -0.1) is 0 Å². The highest BCUT2D eigenvalue weighted by atomic mass is 16.5. The fourth-order valence-corrected chi connectivity index (χ4v) is 3.60. The number of benzene rings is 2. The van der Waals surface area contributed by atoms with Crippen LogP contribution in [-0.2, 0) is 9.53 Å². The van der Waals surface area contributed by atoms with E-state index in [-0.39, 0.29) is 11.8 Å². The number of nitrogens with zero attached hydrogens (tertiary/aromatic N) is 1. The molecular weight excluding hydrogens is 390 g/mol. The number of methoxy groups -OCH3 is 1. The quantitative estimate of drug-likeness (QED) is 0.500. The third-order valence-electron chi connectivity index (χ3n) is 5.45. The van der Waals surface area contributed by atoms with Crippen molar-refractivity contribution >= 4 is 29.3 Å². The summed E-state index contributed by atoms with van der Waals surface area (Å²) in [5, 5.41) is 5.76. The number of carbonyl (C=O) groups excluding carboxylic acids is 2. The predicted octanol–water partition coefficient (Wildman–Crippen LogP) is 3.95.